The summed E-state index contributed by atoms with van der Waals surface area (Å²) >= 11 is 1.54. The number of nitrogens with one attached hydrogen (secondary N) is 1. The van der Waals surface area contributed by atoms with Crippen molar-refractivity contribution in [2.45, 2.75) is 17.5 Å². The van der Waals surface area contributed by atoms with Crippen LogP contribution in [0.4, 0.5) is 0 Å². The molecule has 0 saturated heterocycles. The van der Waals surface area contributed by atoms with Gasteiger partial charge in [0.2, 0.25) is 0 Å². The van der Waals surface area contributed by atoms with Gasteiger partial charge in [-0.05, 0) is 43.0 Å². The zero-order chi connectivity index (χ0) is 14.7. The Morgan fingerprint density at radius 1 is 1.05 bits per heavy atom. The summed E-state index contributed by atoms with van der Waals surface area (Å²) in [6.45, 7) is 1.99. The summed E-state index contributed by atoms with van der Waals surface area (Å²) < 4.78 is 11.2. The van der Waals surface area contributed by atoms with Gasteiger partial charge in [-0.3, -0.25) is 0 Å². The Labute approximate surface area is 127 Å². The zero-order valence-corrected chi connectivity index (χ0v) is 12.7. The molecule has 0 bridgehead atoms. The molecule has 1 atom stereocenters. The summed E-state index contributed by atoms with van der Waals surface area (Å²) in [5.41, 5.74) is 1.91. The highest BCUT2D eigenvalue weighted by molar-refractivity contribution is 7.99. The number of hydrogen-bond donors (Lipinski definition) is 1. The van der Waals surface area contributed by atoms with Crippen LogP contribution in [0.15, 0.2) is 53.7 Å². The van der Waals surface area contributed by atoms with Crippen LogP contribution in [0.1, 0.15) is 6.92 Å². The summed E-state index contributed by atoms with van der Waals surface area (Å²) in [5, 5.41) is 0.846. The first-order valence-corrected chi connectivity index (χ1v) is 7.55. The Balaban J connectivity index is 1.72. The van der Waals surface area contributed by atoms with Gasteiger partial charge in [0.25, 0.3) is 0 Å². The third-order valence-electron chi connectivity index (χ3n) is 3.01. The first-order chi connectivity index (χ1) is 10.3. The van der Waals surface area contributed by atoms with Crippen LogP contribution in [0.2, 0.25) is 0 Å². The van der Waals surface area contributed by atoms with Gasteiger partial charge in [0, 0.05) is 0 Å². The van der Waals surface area contributed by atoms with Crippen molar-refractivity contribution >= 4 is 22.8 Å². The molecule has 4 nitrogen and oxygen atoms in total. The Morgan fingerprint density at radius 3 is 2.52 bits per heavy atom. The monoisotopic (exact) mass is 300 g/mol. The van der Waals surface area contributed by atoms with Gasteiger partial charge in [0.1, 0.15) is 5.44 Å². The van der Waals surface area contributed by atoms with E-state index in [1.54, 1.807) is 7.11 Å². The summed E-state index contributed by atoms with van der Waals surface area (Å²) in [5.74, 6) is 1.46. The van der Waals surface area contributed by atoms with Gasteiger partial charge in [-0.2, -0.15) is 0 Å². The van der Waals surface area contributed by atoms with E-state index < -0.39 is 0 Å². The highest BCUT2D eigenvalue weighted by Gasteiger charge is 2.12. The number of methoxy groups -OCH3 is 1. The molecule has 0 radical (unpaired) electrons. The lowest BCUT2D eigenvalue weighted by Crippen LogP contribution is -2.07. The molecule has 0 aliphatic rings. The molecular formula is C16H16N2O2S. The molecule has 0 saturated carbocycles. The van der Waals surface area contributed by atoms with Crippen molar-refractivity contribution in [1.29, 1.82) is 0 Å². The SMILES string of the molecule is COc1ccccc1OC(C)Sc1nc2ccccc2[nH]1. The highest BCUT2D eigenvalue weighted by atomic mass is 32.2. The van der Waals surface area contributed by atoms with E-state index in [2.05, 4.69) is 9.97 Å². The predicted octanol–water partition coefficient (Wildman–Crippen LogP) is 4.09. The molecule has 108 valence electrons. The molecule has 0 fully saturated rings. The average molecular weight is 300 g/mol. The van der Waals surface area contributed by atoms with Gasteiger partial charge in [-0.25, -0.2) is 4.98 Å². The van der Waals surface area contributed by atoms with E-state index in [1.165, 1.54) is 11.8 Å². The number of aromatic amines is 1. The van der Waals surface area contributed by atoms with E-state index in [9.17, 15) is 0 Å². The molecule has 1 N–H and O–H groups in total. The Kier molecular flexibility index (Phi) is 4.01. The number of aromatic nitrogens is 2. The number of thioether (sulfide) groups is 1. The second-order valence-electron chi connectivity index (χ2n) is 4.51. The van der Waals surface area contributed by atoms with Crippen molar-refractivity contribution in [3.05, 3.63) is 48.5 Å². The molecule has 0 aliphatic heterocycles. The van der Waals surface area contributed by atoms with E-state index in [-0.39, 0.29) is 5.44 Å². The first kappa shape index (κ1) is 13.8. The number of ether oxygens (including phenoxy) is 2. The van der Waals surface area contributed by atoms with Gasteiger partial charge in [-0.1, -0.05) is 24.3 Å². The molecule has 2 aromatic carbocycles. The number of imidazole rings is 1. The topological polar surface area (TPSA) is 47.1 Å². The van der Waals surface area contributed by atoms with Crippen LogP contribution >= 0.6 is 11.8 Å². The van der Waals surface area contributed by atoms with Gasteiger partial charge >= 0.3 is 0 Å². The molecule has 0 spiro atoms. The zero-order valence-electron chi connectivity index (χ0n) is 11.9. The second-order valence-corrected chi connectivity index (χ2v) is 5.80. The van der Waals surface area contributed by atoms with Gasteiger partial charge < -0.3 is 14.5 Å². The lowest BCUT2D eigenvalue weighted by Gasteiger charge is -2.15. The van der Waals surface area contributed by atoms with Gasteiger partial charge in [-0.15, -0.1) is 0 Å². The molecule has 21 heavy (non-hydrogen) atoms. The number of rotatable bonds is 5. The Bertz CT molecular complexity index is 709. The highest BCUT2D eigenvalue weighted by Crippen LogP contribution is 2.31. The van der Waals surface area contributed by atoms with Crippen LogP contribution in [0.25, 0.3) is 11.0 Å². The van der Waals surface area contributed by atoms with Crippen molar-refractivity contribution in [3.8, 4) is 11.5 Å². The van der Waals surface area contributed by atoms with E-state index in [0.29, 0.717) is 0 Å². The lowest BCUT2D eigenvalue weighted by molar-refractivity contribution is 0.285. The summed E-state index contributed by atoms with van der Waals surface area (Å²) in [6.07, 6.45) is 0. The van der Waals surface area contributed by atoms with Gasteiger partial charge in [0.15, 0.2) is 16.7 Å². The smallest absolute Gasteiger partial charge is 0.169 e. The summed E-state index contributed by atoms with van der Waals surface area (Å²) in [4.78, 5) is 7.81. The predicted molar refractivity (Wildman–Crippen MR) is 85.0 cm³/mol. The number of benzene rings is 2. The average Bonchev–Trinajstić information content (AvgIpc) is 2.89. The minimum atomic E-state index is -0.0816. The fourth-order valence-corrected chi connectivity index (χ4v) is 2.85. The quantitative estimate of drug-likeness (QED) is 0.569. The van der Waals surface area contributed by atoms with Crippen molar-refractivity contribution in [2.75, 3.05) is 7.11 Å². The van der Waals surface area contributed by atoms with Crippen molar-refractivity contribution < 1.29 is 9.47 Å². The molecule has 1 aromatic heterocycles. The number of nitrogens with zero attached hydrogens (tertiary/aromatic N) is 1. The van der Waals surface area contributed by atoms with E-state index >= 15 is 0 Å². The third kappa shape index (κ3) is 3.13. The normalized spacial score (nSPS) is 12.3. The fourth-order valence-electron chi connectivity index (χ4n) is 2.06. The molecule has 3 aromatic rings. The second kappa shape index (κ2) is 6.10. The van der Waals surface area contributed by atoms with Crippen molar-refractivity contribution in [3.63, 3.8) is 0 Å². The number of H-pyrrole nitrogens is 1. The maximum absolute atomic E-state index is 5.91. The molecular weight excluding hydrogens is 284 g/mol. The van der Waals surface area contributed by atoms with E-state index in [4.69, 9.17) is 9.47 Å². The van der Waals surface area contributed by atoms with Crippen LogP contribution in [0.3, 0.4) is 0 Å². The maximum atomic E-state index is 5.91. The summed E-state index contributed by atoms with van der Waals surface area (Å²) in [7, 11) is 1.64. The summed E-state index contributed by atoms with van der Waals surface area (Å²) in [6, 6.07) is 15.6. The van der Waals surface area contributed by atoms with Crippen molar-refractivity contribution in [1.82, 2.24) is 9.97 Å². The fraction of sp³-hybridized carbons (Fsp3) is 0.188. The van der Waals surface area contributed by atoms with Crippen molar-refractivity contribution in [2.24, 2.45) is 0 Å². The van der Waals surface area contributed by atoms with Gasteiger partial charge in [0.05, 0.1) is 18.1 Å². The maximum Gasteiger partial charge on any atom is 0.169 e. The van der Waals surface area contributed by atoms with Crippen LogP contribution in [0.5, 0.6) is 11.5 Å². The molecule has 0 amide bonds. The van der Waals surface area contributed by atoms with Crippen LogP contribution in [0, 0.1) is 0 Å². The molecule has 1 unspecified atom stereocenters. The largest absolute Gasteiger partial charge is 0.493 e. The molecule has 5 heteroatoms. The molecule has 0 aliphatic carbocycles. The minimum Gasteiger partial charge on any atom is -0.493 e. The number of hydrogen-bond acceptors (Lipinski definition) is 4. The van der Waals surface area contributed by atoms with Crippen LogP contribution in [-0.2, 0) is 0 Å². The van der Waals surface area contributed by atoms with Crippen LogP contribution in [-0.4, -0.2) is 22.5 Å². The lowest BCUT2D eigenvalue weighted by atomic mass is 10.3. The molecule has 3 rings (SSSR count). The first-order valence-electron chi connectivity index (χ1n) is 6.67. The standard InChI is InChI=1S/C16H16N2O2S/c1-11(20-15-10-6-5-9-14(15)19-2)21-16-17-12-7-3-4-8-13(12)18-16/h3-11H,1-2H3,(H,17,18). The number of fused-ring (bicyclic) bond motifs is 1. The third-order valence-corrected chi connectivity index (χ3v) is 3.85. The van der Waals surface area contributed by atoms with E-state index in [0.717, 1.165) is 27.7 Å². The van der Waals surface area contributed by atoms with Crippen LogP contribution < -0.4 is 9.47 Å². The Hall–Kier alpha value is -2.14. The Morgan fingerprint density at radius 2 is 1.76 bits per heavy atom. The van der Waals surface area contributed by atoms with E-state index in [1.807, 2.05) is 55.5 Å². The number of para-hydroxylation sites is 4. The minimum absolute atomic E-state index is 0.0816. The molecule has 1 heterocycles.